The zero-order valence-electron chi connectivity index (χ0n) is 8.19. The Labute approximate surface area is 86.6 Å². The Morgan fingerprint density at radius 3 is 3.00 bits per heavy atom. The molecule has 1 N–H and O–H groups in total. The van der Waals surface area contributed by atoms with Crippen LogP contribution >= 0.6 is 11.3 Å². The first kappa shape index (κ1) is 9.36. The van der Waals surface area contributed by atoms with E-state index in [9.17, 15) is 0 Å². The minimum absolute atomic E-state index is 0.789. The van der Waals surface area contributed by atoms with Gasteiger partial charge in [-0.25, -0.2) is 4.98 Å². The molecule has 0 saturated heterocycles. The molecule has 0 fully saturated rings. The Bertz CT molecular complexity index is 391. The number of hydrogen-bond acceptors (Lipinski definition) is 4. The van der Waals surface area contributed by atoms with E-state index in [2.05, 4.69) is 20.1 Å². The van der Waals surface area contributed by atoms with Crippen LogP contribution in [0.5, 0.6) is 0 Å². The number of thiophene rings is 1. The van der Waals surface area contributed by atoms with E-state index in [1.54, 1.807) is 11.3 Å². The van der Waals surface area contributed by atoms with Crippen molar-refractivity contribution < 1.29 is 0 Å². The van der Waals surface area contributed by atoms with Crippen molar-refractivity contribution in [2.45, 2.75) is 6.54 Å². The second kappa shape index (κ2) is 3.89. The van der Waals surface area contributed by atoms with Gasteiger partial charge >= 0.3 is 0 Å². The van der Waals surface area contributed by atoms with Crippen LogP contribution in [0.1, 0.15) is 5.82 Å². The van der Waals surface area contributed by atoms with E-state index < -0.39 is 0 Å². The molecular weight excluding hydrogens is 196 g/mol. The van der Waals surface area contributed by atoms with Crippen LogP contribution in [0.25, 0.3) is 10.7 Å². The maximum Gasteiger partial charge on any atom is 0.191 e. The monoisotopic (exact) mass is 208 g/mol. The molecule has 74 valence electrons. The largest absolute Gasteiger partial charge is 0.302 e. The number of aromatic amines is 1. The molecule has 0 amide bonds. The lowest BCUT2D eigenvalue weighted by Gasteiger charge is -2.04. The second-order valence-corrected chi connectivity index (χ2v) is 4.27. The average molecular weight is 208 g/mol. The molecule has 0 aromatic carbocycles. The fourth-order valence-corrected chi connectivity index (χ4v) is 1.84. The maximum absolute atomic E-state index is 4.39. The Morgan fingerprint density at radius 2 is 2.36 bits per heavy atom. The van der Waals surface area contributed by atoms with E-state index in [4.69, 9.17) is 0 Å². The Kier molecular flexibility index (Phi) is 2.60. The van der Waals surface area contributed by atoms with E-state index in [-0.39, 0.29) is 0 Å². The summed E-state index contributed by atoms with van der Waals surface area (Å²) in [6, 6.07) is 4.02. The Morgan fingerprint density at radius 1 is 1.50 bits per heavy atom. The Balaban J connectivity index is 2.18. The van der Waals surface area contributed by atoms with Gasteiger partial charge in [-0.1, -0.05) is 6.07 Å². The number of nitrogens with one attached hydrogen (secondary N) is 1. The molecule has 0 atom stereocenters. The molecule has 5 heteroatoms. The zero-order valence-corrected chi connectivity index (χ0v) is 9.01. The standard InChI is InChI=1S/C9H12N4S/c1-13(2)6-8-10-9(12-11-8)7-4-3-5-14-7/h3-5H,6H2,1-2H3,(H,10,11,12). The van der Waals surface area contributed by atoms with Crippen molar-refractivity contribution >= 4 is 11.3 Å². The molecule has 0 unspecified atom stereocenters. The maximum atomic E-state index is 4.39. The molecule has 0 radical (unpaired) electrons. The molecule has 14 heavy (non-hydrogen) atoms. The summed E-state index contributed by atoms with van der Waals surface area (Å²) in [5.41, 5.74) is 0. The molecule has 0 bridgehead atoms. The normalized spacial score (nSPS) is 11.1. The van der Waals surface area contributed by atoms with Crippen molar-refractivity contribution in [2.75, 3.05) is 14.1 Å². The predicted octanol–water partition coefficient (Wildman–Crippen LogP) is 1.59. The molecule has 4 nitrogen and oxygen atoms in total. The Hall–Kier alpha value is -1.20. The second-order valence-electron chi connectivity index (χ2n) is 3.32. The average Bonchev–Trinajstić information content (AvgIpc) is 2.69. The highest BCUT2D eigenvalue weighted by molar-refractivity contribution is 7.13. The number of rotatable bonds is 3. The third-order valence-corrected chi connectivity index (χ3v) is 2.61. The molecule has 0 aliphatic carbocycles. The molecular formula is C9H12N4S. The van der Waals surface area contributed by atoms with E-state index in [1.165, 1.54) is 0 Å². The quantitative estimate of drug-likeness (QED) is 0.833. The summed E-state index contributed by atoms with van der Waals surface area (Å²) in [4.78, 5) is 7.55. The van der Waals surface area contributed by atoms with E-state index in [0.717, 1.165) is 23.1 Å². The van der Waals surface area contributed by atoms with Crippen LogP contribution in [0.2, 0.25) is 0 Å². The van der Waals surface area contributed by atoms with Gasteiger partial charge in [0.15, 0.2) is 5.82 Å². The lowest BCUT2D eigenvalue weighted by Crippen LogP contribution is -2.11. The number of hydrogen-bond donors (Lipinski definition) is 1. The summed E-state index contributed by atoms with van der Waals surface area (Å²) in [7, 11) is 4.01. The summed E-state index contributed by atoms with van der Waals surface area (Å²) in [5.74, 6) is 1.69. The number of nitrogens with zero attached hydrogens (tertiary/aromatic N) is 3. The van der Waals surface area contributed by atoms with Crippen LogP contribution in [0.3, 0.4) is 0 Å². The van der Waals surface area contributed by atoms with E-state index >= 15 is 0 Å². The number of aromatic nitrogens is 3. The van der Waals surface area contributed by atoms with Gasteiger partial charge in [-0.15, -0.1) is 11.3 Å². The summed E-state index contributed by atoms with van der Waals surface area (Å²) < 4.78 is 0. The lowest BCUT2D eigenvalue weighted by atomic mass is 10.4. The first-order valence-electron chi connectivity index (χ1n) is 4.35. The smallest absolute Gasteiger partial charge is 0.191 e. The van der Waals surface area contributed by atoms with Gasteiger partial charge in [-0.05, 0) is 25.5 Å². The highest BCUT2D eigenvalue weighted by Gasteiger charge is 2.06. The third-order valence-electron chi connectivity index (χ3n) is 1.74. The fraction of sp³-hybridized carbons (Fsp3) is 0.333. The van der Waals surface area contributed by atoms with Gasteiger partial charge in [-0.3, -0.25) is 5.10 Å². The van der Waals surface area contributed by atoms with Gasteiger partial charge in [-0.2, -0.15) is 5.10 Å². The minimum atomic E-state index is 0.789. The predicted molar refractivity (Wildman–Crippen MR) is 57.1 cm³/mol. The molecule has 0 saturated carbocycles. The van der Waals surface area contributed by atoms with Gasteiger partial charge < -0.3 is 4.90 Å². The van der Waals surface area contributed by atoms with Gasteiger partial charge in [0.05, 0.1) is 11.4 Å². The molecule has 0 aliphatic rings. The molecule has 2 heterocycles. The molecule has 0 aliphatic heterocycles. The van der Waals surface area contributed by atoms with Crippen molar-refractivity contribution in [1.29, 1.82) is 0 Å². The van der Waals surface area contributed by atoms with Crippen LogP contribution in [-0.2, 0) is 6.54 Å². The van der Waals surface area contributed by atoms with Crippen LogP contribution in [-0.4, -0.2) is 34.2 Å². The first-order valence-corrected chi connectivity index (χ1v) is 5.23. The van der Waals surface area contributed by atoms with E-state index in [1.807, 2.05) is 31.6 Å². The van der Waals surface area contributed by atoms with Gasteiger partial charge in [0.1, 0.15) is 5.82 Å². The highest BCUT2D eigenvalue weighted by atomic mass is 32.1. The molecule has 2 aromatic rings. The van der Waals surface area contributed by atoms with Crippen LogP contribution in [0.15, 0.2) is 17.5 Å². The topological polar surface area (TPSA) is 44.8 Å². The summed E-state index contributed by atoms with van der Waals surface area (Å²) in [6.45, 7) is 0.790. The molecule has 0 spiro atoms. The minimum Gasteiger partial charge on any atom is -0.302 e. The van der Waals surface area contributed by atoms with Gasteiger partial charge in [0.25, 0.3) is 0 Å². The van der Waals surface area contributed by atoms with Crippen LogP contribution in [0.4, 0.5) is 0 Å². The first-order chi connectivity index (χ1) is 6.75. The summed E-state index contributed by atoms with van der Waals surface area (Å²) in [6.07, 6.45) is 0. The zero-order chi connectivity index (χ0) is 9.97. The molecule has 2 rings (SSSR count). The lowest BCUT2D eigenvalue weighted by molar-refractivity contribution is 0.391. The highest BCUT2D eigenvalue weighted by Crippen LogP contribution is 2.20. The summed E-state index contributed by atoms with van der Waals surface area (Å²) in [5, 5.41) is 9.11. The van der Waals surface area contributed by atoms with Gasteiger partial charge in [0.2, 0.25) is 0 Å². The van der Waals surface area contributed by atoms with Crippen molar-refractivity contribution in [2.24, 2.45) is 0 Å². The van der Waals surface area contributed by atoms with Gasteiger partial charge in [0, 0.05) is 0 Å². The summed E-state index contributed by atoms with van der Waals surface area (Å²) >= 11 is 1.65. The van der Waals surface area contributed by atoms with Crippen LogP contribution < -0.4 is 0 Å². The number of H-pyrrole nitrogens is 1. The van der Waals surface area contributed by atoms with Crippen molar-refractivity contribution in [3.05, 3.63) is 23.3 Å². The SMILES string of the molecule is CN(C)Cc1nc(-c2cccs2)n[nH]1. The van der Waals surface area contributed by atoms with Crippen molar-refractivity contribution in [3.8, 4) is 10.7 Å². The van der Waals surface area contributed by atoms with E-state index in [0.29, 0.717) is 0 Å². The third kappa shape index (κ3) is 2.00. The fourth-order valence-electron chi connectivity index (χ4n) is 1.18. The molecule has 2 aromatic heterocycles. The van der Waals surface area contributed by atoms with Crippen molar-refractivity contribution in [3.63, 3.8) is 0 Å². The van der Waals surface area contributed by atoms with Crippen LogP contribution in [0, 0.1) is 0 Å². The van der Waals surface area contributed by atoms with Crippen molar-refractivity contribution in [1.82, 2.24) is 20.1 Å².